The molecule has 2 aromatic rings. The van der Waals surface area contributed by atoms with Gasteiger partial charge in [0.15, 0.2) is 0 Å². The van der Waals surface area contributed by atoms with E-state index in [1.807, 2.05) is 43.5 Å². The van der Waals surface area contributed by atoms with Crippen LogP contribution in [0, 0.1) is 12.8 Å². The lowest BCUT2D eigenvalue weighted by atomic mass is 9.97. The van der Waals surface area contributed by atoms with E-state index in [4.69, 9.17) is 0 Å². The molecule has 1 aromatic heterocycles. The quantitative estimate of drug-likeness (QED) is 0.792. The van der Waals surface area contributed by atoms with E-state index in [-0.39, 0.29) is 11.9 Å². The number of aryl methyl sites for hydroxylation is 2. The molecular formula is C22H28N2O2. The van der Waals surface area contributed by atoms with Gasteiger partial charge in [0.1, 0.15) is 0 Å². The lowest BCUT2D eigenvalue weighted by molar-refractivity contribution is 0.0714. The van der Waals surface area contributed by atoms with Crippen LogP contribution in [0.1, 0.15) is 66.3 Å². The van der Waals surface area contributed by atoms with E-state index in [9.17, 15) is 9.90 Å². The molecule has 3 rings (SSSR count). The summed E-state index contributed by atoms with van der Waals surface area (Å²) in [5.41, 5.74) is 3.13. The van der Waals surface area contributed by atoms with Crippen LogP contribution in [0.2, 0.25) is 0 Å². The lowest BCUT2D eigenvalue weighted by Crippen LogP contribution is -2.30. The molecule has 1 heterocycles. The molecule has 0 spiro atoms. The van der Waals surface area contributed by atoms with Crippen molar-refractivity contribution in [3.05, 3.63) is 65.0 Å². The third-order valence-electron chi connectivity index (χ3n) is 4.85. The molecule has 0 unspecified atom stereocenters. The van der Waals surface area contributed by atoms with E-state index >= 15 is 0 Å². The van der Waals surface area contributed by atoms with E-state index < -0.39 is 5.60 Å². The molecule has 1 amide bonds. The highest BCUT2D eigenvalue weighted by Gasteiger charge is 2.34. The minimum Gasteiger partial charge on any atom is -0.390 e. The van der Waals surface area contributed by atoms with Crippen molar-refractivity contribution < 1.29 is 9.90 Å². The van der Waals surface area contributed by atoms with Crippen molar-refractivity contribution in [1.29, 1.82) is 0 Å². The van der Waals surface area contributed by atoms with Crippen molar-refractivity contribution in [3.63, 3.8) is 0 Å². The molecule has 1 atom stereocenters. The zero-order chi connectivity index (χ0) is 18.7. The SMILES string of the molecule is Cc1ccnc([C@@H](NC(=O)c2cccc(CCC(C)(C)O)c2)C2CC2)c1. The van der Waals surface area contributed by atoms with Gasteiger partial charge >= 0.3 is 0 Å². The predicted octanol–water partition coefficient (Wildman–Crippen LogP) is 3.97. The summed E-state index contributed by atoms with van der Waals surface area (Å²) in [4.78, 5) is 17.3. The Morgan fingerprint density at radius 2 is 2.08 bits per heavy atom. The van der Waals surface area contributed by atoms with E-state index in [1.54, 1.807) is 13.8 Å². The maximum absolute atomic E-state index is 12.8. The van der Waals surface area contributed by atoms with Crippen LogP contribution in [0.4, 0.5) is 0 Å². The first kappa shape index (κ1) is 18.6. The first-order valence-corrected chi connectivity index (χ1v) is 9.36. The molecule has 2 N–H and O–H groups in total. The smallest absolute Gasteiger partial charge is 0.251 e. The second-order valence-corrected chi connectivity index (χ2v) is 8.06. The average molecular weight is 352 g/mol. The van der Waals surface area contributed by atoms with Crippen molar-refractivity contribution in [2.24, 2.45) is 5.92 Å². The standard InChI is InChI=1S/C22H28N2O2/c1-15-10-12-23-19(13-15)20(17-7-8-17)24-21(25)18-6-4-5-16(14-18)9-11-22(2,3)26/h4-6,10,12-14,17,20,26H,7-9,11H2,1-3H3,(H,24,25)/t20-/m0/s1. The molecule has 138 valence electrons. The Morgan fingerprint density at radius 3 is 2.73 bits per heavy atom. The Bertz CT molecular complexity index is 776. The Labute approximate surface area is 155 Å². The Kier molecular flexibility index (Phi) is 5.42. The van der Waals surface area contributed by atoms with Crippen molar-refractivity contribution in [2.75, 3.05) is 0 Å². The summed E-state index contributed by atoms with van der Waals surface area (Å²) >= 11 is 0. The van der Waals surface area contributed by atoms with Gasteiger partial charge in [0.05, 0.1) is 17.3 Å². The molecule has 4 nitrogen and oxygen atoms in total. The normalized spacial score (nSPS) is 15.5. The van der Waals surface area contributed by atoms with Crippen LogP contribution in [-0.4, -0.2) is 21.6 Å². The Balaban J connectivity index is 1.72. The summed E-state index contributed by atoms with van der Waals surface area (Å²) in [6.07, 6.45) is 5.48. The molecule has 1 aliphatic rings. The summed E-state index contributed by atoms with van der Waals surface area (Å²) in [6, 6.07) is 11.7. The van der Waals surface area contributed by atoms with Gasteiger partial charge in [-0.25, -0.2) is 0 Å². The van der Waals surface area contributed by atoms with Gasteiger partial charge in [-0.2, -0.15) is 0 Å². The molecule has 0 saturated heterocycles. The molecular weight excluding hydrogens is 324 g/mol. The minimum atomic E-state index is -0.702. The van der Waals surface area contributed by atoms with Gasteiger partial charge in [-0.05, 0) is 87.8 Å². The number of aromatic nitrogens is 1. The highest BCUT2D eigenvalue weighted by molar-refractivity contribution is 5.94. The van der Waals surface area contributed by atoms with Gasteiger partial charge in [-0.3, -0.25) is 9.78 Å². The number of rotatable bonds is 7. The van der Waals surface area contributed by atoms with Crippen molar-refractivity contribution in [1.82, 2.24) is 10.3 Å². The van der Waals surface area contributed by atoms with Crippen LogP contribution in [-0.2, 0) is 6.42 Å². The number of amides is 1. The molecule has 1 saturated carbocycles. The van der Waals surface area contributed by atoms with E-state index in [0.717, 1.165) is 36.1 Å². The van der Waals surface area contributed by atoms with Crippen molar-refractivity contribution in [2.45, 2.75) is 58.1 Å². The van der Waals surface area contributed by atoms with Gasteiger partial charge in [-0.1, -0.05) is 12.1 Å². The molecule has 0 radical (unpaired) electrons. The summed E-state index contributed by atoms with van der Waals surface area (Å²) in [6.45, 7) is 5.65. The fourth-order valence-corrected chi connectivity index (χ4v) is 3.14. The maximum Gasteiger partial charge on any atom is 0.251 e. The van der Waals surface area contributed by atoms with Gasteiger partial charge in [-0.15, -0.1) is 0 Å². The number of carbonyl (C=O) groups excluding carboxylic acids is 1. The Morgan fingerprint density at radius 1 is 1.31 bits per heavy atom. The second-order valence-electron chi connectivity index (χ2n) is 8.06. The summed E-state index contributed by atoms with van der Waals surface area (Å²) < 4.78 is 0. The lowest BCUT2D eigenvalue weighted by Gasteiger charge is -2.19. The molecule has 1 fully saturated rings. The first-order valence-electron chi connectivity index (χ1n) is 9.36. The van der Waals surface area contributed by atoms with Gasteiger partial charge in [0.25, 0.3) is 5.91 Å². The molecule has 0 aliphatic heterocycles. The third-order valence-corrected chi connectivity index (χ3v) is 4.85. The number of aliphatic hydroxyl groups is 1. The molecule has 0 bridgehead atoms. The molecule has 1 aliphatic carbocycles. The highest BCUT2D eigenvalue weighted by Crippen LogP contribution is 2.40. The fourth-order valence-electron chi connectivity index (χ4n) is 3.14. The maximum atomic E-state index is 12.8. The van der Waals surface area contributed by atoms with Crippen LogP contribution < -0.4 is 5.32 Å². The number of hydrogen-bond donors (Lipinski definition) is 2. The number of nitrogens with one attached hydrogen (secondary N) is 1. The summed E-state index contributed by atoms with van der Waals surface area (Å²) in [5.74, 6) is 0.418. The van der Waals surface area contributed by atoms with Gasteiger partial charge < -0.3 is 10.4 Å². The van der Waals surface area contributed by atoms with Gasteiger partial charge in [0, 0.05) is 11.8 Å². The summed E-state index contributed by atoms with van der Waals surface area (Å²) in [7, 11) is 0. The largest absolute Gasteiger partial charge is 0.390 e. The number of carbonyl (C=O) groups is 1. The highest BCUT2D eigenvalue weighted by atomic mass is 16.3. The zero-order valence-electron chi connectivity index (χ0n) is 15.8. The first-order chi connectivity index (χ1) is 12.3. The fraction of sp³-hybridized carbons (Fsp3) is 0.455. The van der Waals surface area contributed by atoms with Crippen LogP contribution in [0.25, 0.3) is 0 Å². The number of benzene rings is 1. The zero-order valence-corrected chi connectivity index (χ0v) is 15.8. The van der Waals surface area contributed by atoms with Crippen LogP contribution >= 0.6 is 0 Å². The monoisotopic (exact) mass is 352 g/mol. The number of nitrogens with zero attached hydrogens (tertiary/aromatic N) is 1. The summed E-state index contributed by atoms with van der Waals surface area (Å²) in [5, 5.41) is 13.1. The molecule has 26 heavy (non-hydrogen) atoms. The average Bonchev–Trinajstić information content (AvgIpc) is 3.42. The van der Waals surface area contributed by atoms with Crippen molar-refractivity contribution in [3.8, 4) is 0 Å². The number of hydrogen-bond acceptors (Lipinski definition) is 3. The Hall–Kier alpha value is -2.20. The van der Waals surface area contributed by atoms with Crippen LogP contribution in [0.15, 0.2) is 42.6 Å². The number of pyridine rings is 1. The topological polar surface area (TPSA) is 62.2 Å². The minimum absolute atomic E-state index is 0.0255. The van der Waals surface area contributed by atoms with E-state index in [0.29, 0.717) is 17.9 Å². The predicted molar refractivity (Wildman–Crippen MR) is 103 cm³/mol. The van der Waals surface area contributed by atoms with Crippen LogP contribution in [0.3, 0.4) is 0 Å². The third kappa shape index (κ3) is 5.15. The van der Waals surface area contributed by atoms with Crippen LogP contribution in [0.5, 0.6) is 0 Å². The van der Waals surface area contributed by atoms with Crippen molar-refractivity contribution >= 4 is 5.91 Å². The second kappa shape index (κ2) is 7.58. The molecule has 4 heteroatoms. The van der Waals surface area contributed by atoms with Gasteiger partial charge in [0.2, 0.25) is 0 Å². The molecule has 1 aromatic carbocycles. The van der Waals surface area contributed by atoms with E-state index in [1.165, 1.54) is 0 Å². The van der Waals surface area contributed by atoms with E-state index in [2.05, 4.69) is 16.4 Å².